The standard InChI is InChI=1S/C16H21BN2O2S/c1-15(2)16(3,4)21-17(20-15)13(10-22)8-11-5-6-14(19)12(7-11)9-18/h5-8,22H,10,19H2,1-4H3. The molecule has 1 fully saturated rings. The number of benzene rings is 1. The van der Waals surface area contributed by atoms with Gasteiger partial charge in [-0.25, -0.2) is 0 Å². The summed E-state index contributed by atoms with van der Waals surface area (Å²) in [4.78, 5) is 0. The van der Waals surface area contributed by atoms with Crippen molar-refractivity contribution in [1.29, 1.82) is 5.26 Å². The summed E-state index contributed by atoms with van der Waals surface area (Å²) in [7, 11) is -0.439. The highest BCUT2D eigenvalue weighted by Gasteiger charge is 2.52. The molecule has 0 radical (unpaired) electrons. The molecular formula is C16H21BN2O2S. The lowest BCUT2D eigenvalue weighted by Gasteiger charge is -2.32. The van der Waals surface area contributed by atoms with Crippen LogP contribution in [0.2, 0.25) is 0 Å². The molecule has 2 N–H and O–H groups in total. The Hall–Kier alpha value is -1.42. The van der Waals surface area contributed by atoms with Gasteiger partial charge in [0.05, 0.1) is 16.8 Å². The van der Waals surface area contributed by atoms with Crippen molar-refractivity contribution in [3.63, 3.8) is 0 Å². The number of rotatable bonds is 3. The zero-order chi connectivity index (χ0) is 16.5. The van der Waals surface area contributed by atoms with E-state index in [4.69, 9.17) is 20.3 Å². The second kappa shape index (κ2) is 6.00. The molecule has 1 aromatic carbocycles. The average Bonchev–Trinajstić information content (AvgIpc) is 2.66. The van der Waals surface area contributed by atoms with Crippen LogP contribution in [0.1, 0.15) is 38.8 Å². The fraction of sp³-hybridized carbons (Fsp3) is 0.438. The number of nitrogen functional groups attached to an aromatic ring is 1. The predicted molar refractivity (Wildman–Crippen MR) is 93.5 cm³/mol. The number of anilines is 1. The van der Waals surface area contributed by atoms with E-state index >= 15 is 0 Å². The monoisotopic (exact) mass is 316 g/mol. The molecule has 22 heavy (non-hydrogen) atoms. The van der Waals surface area contributed by atoms with Gasteiger partial charge in [-0.1, -0.05) is 12.1 Å². The van der Waals surface area contributed by atoms with E-state index in [1.165, 1.54) is 0 Å². The number of hydrogen-bond donors (Lipinski definition) is 2. The summed E-state index contributed by atoms with van der Waals surface area (Å²) in [6.45, 7) is 8.06. The maximum absolute atomic E-state index is 9.07. The first-order chi connectivity index (χ1) is 10.2. The number of thiol groups is 1. The Morgan fingerprint density at radius 1 is 1.32 bits per heavy atom. The van der Waals surface area contributed by atoms with Crippen LogP contribution in [-0.2, 0) is 9.31 Å². The number of nitrogens with two attached hydrogens (primary N) is 1. The smallest absolute Gasteiger partial charge is 0.400 e. The van der Waals surface area contributed by atoms with Crippen LogP contribution in [0.4, 0.5) is 5.69 Å². The Bertz CT molecular complexity index is 634. The Balaban J connectivity index is 2.32. The van der Waals surface area contributed by atoms with Gasteiger partial charge < -0.3 is 15.0 Å². The SMILES string of the molecule is CC1(C)OB(C(=Cc2ccc(N)c(C#N)c2)CS)OC1(C)C. The van der Waals surface area contributed by atoms with Gasteiger partial charge in [0.15, 0.2) is 0 Å². The molecule has 6 heteroatoms. The molecule has 1 aliphatic rings. The van der Waals surface area contributed by atoms with E-state index < -0.39 is 18.3 Å². The van der Waals surface area contributed by atoms with Crippen LogP contribution in [0.25, 0.3) is 6.08 Å². The van der Waals surface area contributed by atoms with Crippen molar-refractivity contribution in [2.24, 2.45) is 0 Å². The summed E-state index contributed by atoms with van der Waals surface area (Å²) >= 11 is 4.39. The third kappa shape index (κ3) is 3.17. The van der Waals surface area contributed by atoms with Crippen molar-refractivity contribution < 1.29 is 9.31 Å². The Morgan fingerprint density at radius 2 is 1.91 bits per heavy atom. The molecule has 1 aromatic rings. The molecule has 0 unspecified atom stereocenters. The lowest BCUT2D eigenvalue weighted by Crippen LogP contribution is -2.41. The zero-order valence-corrected chi connectivity index (χ0v) is 14.3. The highest BCUT2D eigenvalue weighted by Crippen LogP contribution is 2.39. The van der Waals surface area contributed by atoms with Gasteiger partial charge in [0.25, 0.3) is 0 Å². The van der Waals surface area contributed by atoms with E-state index in [9.17, 15) is 0 Å². The van der Waals surface area contributed by atoms with Crippen molar-refractivity contribution in [2.75, 3.05) is 11.5 Å². The molecule has 1 heterocycles. The van der Waals surface area contributed by atoms with Crippen LogP contribution in [0.15, 0.2) is 23.7 Å². The molecule has 0 saturated carbocycles. The first kappa shape index (κ1) is 16.9. The molecule has 0 spiro atoms. The topological polar surface area (TPSA) is 68.3 Å². The highest BCUT2D eigenvalue weighted by atomic mass is 32.1. The number of hydrogen-bond acceptors (Lipinski definition) is 5. The molecule has 2 rings (SSSR count). The lowest BCUT2D eigenvalue weighted by atomic mass is 9.78. The molecule has 1 saturated heterocycles. The van der Waals surface area contributed by atoms with Crippen LogP contribution < -0.4 is 5.73 Å². The lowest BCUT2D eigenvalue weighted by molar-refractivity contribution is 0.00578. The molecule has 0 bridgehead atoms. The van der Waals surface area contributed by atoms with Crippen molar-refractivity contribution in [3.05, 3.63) is 34.8 Å². The molecular weight excluding hydrogens is 295 g/mol. The summed E-state index contributed by atoms with van der Waals surface area (Å²) in [5.74, 6) is 0.503. The van der Waals surface area contributed by atoms with Gasteiger partial charge >= 0.3 is 7.12 Å². The quantitative estimate of drug-likeness (QED) is 0.511. The second-order valence-electron chi connectivity index (χ2n) is 6.42. The van der Waals surface area contributed by atoms with Crippen LogP contribution >= 0.6 is 12.6 Å². The zero-order valence-electron chi connectivity index (χ0n) is 13.4. The van der Waals surface area contributed by atoms with Gasteiger partial charge in [0.2, 0.25) is 0 Å². The largest absolute Gasteiger partial charge is 0.491 e. The second-order valence-corrected chi connectivity index (χ2v) is 6.74. The van der Waals surface area contributed by atoms with E-state index in [0.717, 1.165) is 11.0 Å². The summed E-state index contributed by atoms with van der Waals surface area (Å²) in [6, 6.07) is 7.43. The normalized spacial score (nSPS) is 20.0. The molecule has 0 amide bonds. The van der Waals surface area contributed by atoms with Crippen LogP contribution in [0.3, 0.4) is 0 Å². The first-order valence-corrected chi connectivity index (χ1v) is 7.80. The average molecular weight is 316 g/mol. The van der Waals surface area contributed by atoms with Gasteiger partial charge in [-0.2, -0.15) is 17.9 Å². The predicted octanol–water partition coefficient (Wildman–Crippen LogP) is 3.09. The summed E-state index contributed by atoms with van der Waals surface area (Å²) in [6.07, 6.45) is 1.94. The van der Waals surface area contributed by atoms with E-state index in [2.05, 4.69) is 18.7 Å². The van der Waals surface area contributed by atoms with E-state index in [1.54, 1.807) is 12.1 Å². The van der Waals surface area contributed by atoms with E-state index in [0.29, 0.717) is 17.0 Å². The fourth-order valence-corrected chi connectivity index (χ4v) is 2.40. The minimum Gasteiger partial charge on any atom is -0.400 e. The maximum atomic E-state index is 9.07. The minimum absolute atomic E-state index is 0.390. The Labute approximate surface area is 137 Å². The van der Waals surface area contributed by atoms with Crippen molar-refractivity contribution >= 4 is 31.5 Å². The molecule has 0 aliphatic carbocycles. The van der Waals surface area contributed by atoms with Gasteiger partial charge in [0.1, 0.15) is 6.07 Å². The Morgan fingerprint density at radius 3 is 2.41 bits per heavy atom. The van der Waals surface area contributed by atoms with Crippen molar-refractivity contribution in [3.8, 4) is 6.07 Å². The molecule has 116 valence electrons. The fourth-order valence-electron chi connectivity index (χ4n) is 2.16. The van der Waals surface area contributed by atoms with Gasteiger partial charge in [-0.3, -0.25) is 0 Å². The highest BCUT2D eigenvalue weighted by molar-refractivity contribution is 7.80. The number of nitrogens with zero attached hydrogens (tertiary/aromatic N) is 1. The van der Waals surface area contributed by atoms with Crippen LogP contribution in [-0.4, -0.2) is 24.1 Å². The van der Waals surface area contributed by atoms with Crippen molar-refractivity contribution in [1.82, 2.24) is 0 Å². The van der Waals surface area contributed by atoms with Gasteiger partial charge in [-0.05, 0) is 50.9 Å². The number of nitriles is 1. The third-order valence-corrected chi connectivity index (χ3v) is 4.65. The first-order valence-electron chi connectivity index (χ1n) is 7.17. The van der Waals surface area contributed by atoms with Gasteiger partial charge in [0, 0.05) is 11.4 Å². The van der Waals surface area contributed by atoms with Crippen LogP contribution in [0.5, 0.6) is 0 Å². The Kier molecular flexibility index (Phi) is 4.62. The molecule has 0 atom stereocenters. The van der Waals surface area contributed by atoms with Crippen molar-refractivity contribution in [2.45, 2.75) is 38.9 Å². The minimum atomic E-state index is -0.439. The molecule has 0 aromatic heterocycles. The summed E-state index contributed by atoms with van der Waals surface area (Å²) < 4.78 is 12.1. The van der Waals surface area contributed by atoms with Gasteiger partial charge in [-0.15, -0.1) is 0 Å². The summed E-state index contributed by atoms with van der Waals surface area (Å²) in [5, 5.41) is 9.07. The third-order valence-electron chi connectivity index (χ3n) is 4.29. The molecule has 1 aliphatic heterocycles. The molecule has 4 nitrogen and oxygen atoms in total. The summed E-state index contributed by atoms with van der Waals surface area (Å²) in [5.41, 5.74) is 7.69. The van der Waals surface area contributed by atoms with Crippen LogP contribution in [0, 0.1) is 11.3 Å². The maximum Gasteiger partial charge on any atom is 0.491 e. The van der Waals surface area contributed by atoms with E-state index in [-0.39, 0.29) is 0 Å². The van der Waals surface area contributed by atoms with E-state index in [1.807, 2.05) is 39.8 Å².